The van der Waals surface area contributed by atoms with E-state index in [0.717, 1.165) is 15.9 Å². The summed E-state index contributed by atoms with van der Waals surface area (Å²) in [6.07, 6.45) is 2.22. The fourth-order valence-electron chi connectivity index (χ4n) is 0.932. The molecule has 0 spiro atoms. The average molecular weight is 272 g/mol. The SMILES string of the molecule is CC(C)=CCSc1ccc(N)cc1Br. The summed E-state index contributed by atoms with van der Waals surface area (Å²) in [7, 11) is 0. The second kappa shape index (κ2) is 5.47. The van der Waals surface area contributed by atoms with Gasteiger partial charge >= 0.3 is 0 Å². The van der Waals surface area contributed by atoms with Gasteiger partial charge in [0.05, 0.1) is 0 Å². The predicted octanol–water partition coefficient (Wildman–Crippen LogP) is 4.09. The Morgan fingerprint density at radius 1 is 1.50 bits per heavy atom. The van der Waals surface area contributed by atoms with Crippen LogP contribution in [0.4, 0.5) is 5.69 Å². The summed E-state index contributed by atoms with van der Waals surface area (Å²) in [6.45, 7) is 4.22. The van der Waals surface area contributed by atoms with Crippen LogP contribution in [-0.4, -0.2) is 5.75 Å². The fourth-order valence-corrected chi connectivity index (χ4v) is 2.63. The van der Waals surface area contributed by atoms with Crippen LogP contribution >= 0.6 is 27.7 Å². The predicted molar refractivity (Wildman–Crippen MR) is 68.7 cm³/mol. The number of allylic oxidation sites excluding steroid dienone is 1. The minimum Gasteiger partial charge on any atom is -0.399 e. The van der Waals surface area contributed by atoms with Gasteiger partial charge in [0.2, 0.25) is 0 Å². The monoisotopic (exact) mass is 271 g/mol. The highest BCUT2D eigenvalue weighted by Crippen LogP contribution is 2.29. The quantitative estimate of drug-likeness (QED) is 0.509. The molecule has 1 aromatic carbocycles. The van der Waals surface area contributed by atoms with Crippen molar-refractivity contribution in [2.24, 2.45) is 0 Å². The number of hydrogen-bond acceptors (Lipinski definition) is 2. The Hall–Kier alpha value is -0.410. The first-order valence-corrected chi connectivity index (χ1v) is 6.18. The molecule has 1 nitrogen and oxygen atoms in total. The van der Waals surface area contributed by atoms with Crippen molar-refractivity contribution in [3.8, 4) is 0 Å². The molecule has 0 aliphatic heterocycles. The normalized spacial score (nSPS) is 9.93. The lowest BCUT2D eigenvalue weighted by molar-refractivity contribution is 1.36. The summed E-state index contributed by atoms with van der Waals surface area (Å²) in [4.78, 5) is 1.23. The molecule has 0 unspecified atom stereocenters. The van der Waals surface area contributed by atoms with Gasteiger partial charge in [-0.3, -0.25) is 0 Å². The van der Waals surface area contributed by atoms with Crippen molar-refractivity contribution >= 4 is 33.4 Å². The van der Waals surface area contributed by atoms with E-state index in [4.69, 9.17) is 5.73 Å². The van der Waals surface area contributed by atoms with Crippen molar-refractivity contribution in [1.82, 2.24) is 0 Å². The summed E-state index contributed by atoms with van der Waals surface area (Å²) in [6, 6.07) is 5.91. The molecule has 0 aliphatic rings. The molecule has 3 heteroatoms. The fraction of sp³-hybridized carbons (Fsp3) is 0.273. The van der Waals surface area contributed by atoms with Crippen LogP contribution in [-0.2, 0) is 0 Å². The molecule has 0 saturated carbocycles. The molecule has 1 aromatic rings. The van der Waals surface area contributed by atoms with E-state index in [-0.39, 0.29) is 0 Å². The molecule has 2 N–H and O–H groups in total. The van der Waals surface area contributed by atoms with E-state index in [9.17, 15) is 0 Å². The topological polar surface area (TPSA) is 26.0 Å². The van der Waals surface area contributed by atoms with Crippen LogP contribution in [0.25, 0.3) is 0 Å². The summed E-state index contributed by atoms with van der Waals surface area (Å²) in [5.74, 6) is 1.00. The maximum atomic E-state index is 5.65. The van der Waals surface area contributed by atoms with Crippen LogP contribution in [0.3, 0.4) is 0 Å². The number of rotatable bonds is 3. The molecule has 0 atom stereocenters. The maximum absolute atomic E-state index is 5.65. The Labute approximate surface area is 97.9 Å². The van der Waals surface area contributed by atoms with Crippen molar-refractivity contribution in [2.45, 2.75) is 18.7 Å². The van der Waals surface area contributed by atoms with Gasteiger partial charge in [0.15, 0.2) is 0 Å². The summed E-state index contributed by atoms with van der Waals surface area (Å²) in [5.41, 5.74) is 7.80. The van der Waals surface area contributed by atoms with Crippen LogP contribution in [0.15, 0.2) is 39.2 Å². The van der Waals surface area contributed by atoms with Crippen molar-refractivity contribution in [3.63, 3.8) is 0 Å². The first kappa shape index (κ1) is 11.7. The van der Waals surface area contributed by atoms with Gasteiger partial charge in [0.1, 0.15) is 0 Å². The molecule has 14 heavy (non-hydrogen) atoms. The van der Waals surface area contributed by atoms with Gasteiger partial charge in [-0.1, -0.05) is 11.6 Å². The number of benzene rings is 1. The third-order valence-electron chi connectivity index (χ3n) is 1.69. The highest BCUT2D eigenvalue weighted by Gasteiger charge is 1.99. The Morgan fingerprint density at radius 3 is 2.79 bits per heavy atom. The molecule has 0 fully saturated rings. The molecule has 0 aromatic heterocycles. The minimum atomic E-state index is 0.795. The van der Waals surface area contributed by atoms with E-state index in [0.29, 0.717) is 0 Å². The van der Waals surface area contributed by atoms with Crippen molar-refractivity contribution in [1.29, 1.82) is 0 Å². The Kier molecular flexibility index (Phi) is 4.55. The number of thioether (sulfide) groups is 1. The average Bonchev–Trinajstić information content (AvgIpc) is 2.08. The summed E-state index contributed by atoms with van der Waals surface area (Å²) < 4.78 is 1.07. The molecule has 0 amide bonds. The molecule has 0 radical (unpaired) electrons. The molecule has 0 heterocycles. The van der Waals surface area contributed by atoms with E-state index in [1.807, 2.05) is 18.2 Å². The van der Waals surface area contributed by atoms with Crippen molar-refractivity contribution in [3.05, 3.63) is 34.3 Å². The smallest absolute Gasteiger partial charge is 0.0331 e. The Balaban J connectivity index is 2.64. The molecular formula is C11H14BrNS. The third kappa shape index (κ3) is 3.76. The molecular weight excluding hydrogens is 258 g/mol. The number of anilines is 1. The van der Waals surface area contributed by atoms with Crippen molar-refractivity contribution < 1.29 is 0 Å². The zero-order valence-corrected chi connectivity index (χ0v) is 10.8. The molecule has 0 saturated heterocycles. The van der Waals surface area contributed by atoms with E-state index in [1.165, 1.54) is 10.5 Å². The minimum absolute atomic E-state index is 0.795. The van der Waals surface area contributed by atoms with Crippen LogP contribution in [0, 0.1) is 0 Å². The first-order chi connectivity index (χ1) is 6.59. The lowest BCUT2D eigenvalue weighted by atomic mass is 10.3. The standard InChI is InChI=1S/C11H14BrNS/c1-8(2)5-6-14-11-4-3-9(13)7-10(11)12/h3-5,7H,6,13H2,1-2H3. The van der Waals surface area contributed by atoms with Gasteiger partial charge in [-0.25, -0.2) is 0 Å². The van der Waals surface area contributed by atoms with Crippen LogP contribution in [0.1, 0.15) is 13.8 Å². The van der Waals surface area contributed by atoms with Crippen LogP contribution < -0.4 is 5.73 Å². The summed E-state index contributed by atoms with van der Waals surface area (Å²) in [5, 5.41) is 0. The van der Waals surface area contributed by atoms with E-state index in [1.54, 1.807) is 11.8 Å². The largest absolute Gasteiger partial charge is 0.399 e. The number of halogens is 1. The Morgan fingerprint density at radius 2 is 2.21 bits per heavy atom. The third-order valence-corrected chi connectivity index (χ3v) is 3.61. The van der Waals surface area contributed by atoms with Crippen molar-refractivity contribution in [2.75, 3.05) is 11.5 Å². The van der Waals surface area contributed by atoms with E-state index in [2.05, 4.69) is 35.9 Å². The Bertz CT molecular complexity index is 343. The van der Waals surface area contributed by atoms with Gasteiger partial charge in [-0.2, -0.15) is 0 Å². The lowest BCUT2D eigenvalue weighted by Crippen LogP contribution is -1.85. The van der Waals surface area contributed by atoms with E-state index >= 15 is 0 Å². The molecule has 0 bridgehead atoms. The van der Waals surface area contributed by atoms with Crippen LogP contribution in [0.5, 0.6) is 0 Å². The molecule has 0 aliphatic carbocycles. The van der Waals surface area contributed by atoms with Gasteiger partial charge in [0, 0.05) is 20.8 Å². The van der Waals surface area contributed by atoms with Gasteiger partial charge in [-0.05, 0) is 48.0 Å². The lowest BCUT2D eigenvalue weighted by Gasteiger charge is -2.03. The second-order valence-corrected chi connectivity index (χ2v) is 5.20. The highest BCUT2D eigenvalue weighted by molar-refractivity contribution is 9.10. The molecule has 1 rings (SSSR count). The zero-order chi connectivity index (χ0) is 10.6. The van der Waals surface area contributed by atoms with Crippen LogP contribution in [0.2, 0.25) is 0 Å². The van der Waals surface area contributed by atoms with E-state index < -0.39 is 0 Å². The zero-order valence-electron chi connectivity index (χ0n) is 8.38. The first-order valence-electron chi connectivity index (χ1n) is 4.41. The highest BCUT2D eigenvalue weighted by atomic mass is 79.9. The number of nitrogen functional groups attached to an aromatic ring is 1. The molecule has 76 valence electrons. The maximum Gasteiger partial charge on any atom is 0.0331 e. The second-order valence-electron chi connectivity index (χ2n) is 3.28. The number of hydrogen-bond donors (Lipinski definition) is 1. The van der Waals surface area contributed by atoms with Gasteiger partial charge < -0.3 is 5.73 Å². The number of nitrogens with two attached hydrogens (primary N) is 1. The summed E-state index contributed by atoms with van der Waals surface area (Å²) >= 11 is 5.30. The van der Waals surface area contributed by atoms with Gasteiger partial charge in [-0.15, -0.1) is 11.8 Å². The van der Waals surface area contributed by atoms with Gasteiger partial charge in [0.25, 0.3) is 0 Å².